The van der Waals surface area contributed by atoms with E-state index in [1.54, 1.807) is 0 Å². The van der Waals surface area contributed by atoms with Crippen LogP contribution in [0.3, 0.4) is 0 Å². The van der Waals surface area contributed by atoms with Gasteiger partial charge in [0.15, 0.2) is 0 Å². The van der Waals surface area contributed by atoms with Crippen molar-refractivity contribution in [3.05, 3.63) is 35.5 Å². The second-order valence-corrected chi connectivity index (χ2v) is 9.04. The highest BCUT2D eigenvalue weighted by atomic mass is 32.2. The summed E-state index contributed by atoms with van der Waals surface area (Å²) in [4.78, 5) is 21.9. The average molecular weight is 420 g/mol. The Kier molecular flexibility index (Phi) is 5.84. The number of pyridine rings is 1. The number of nitrogens with two attached hydrogens (primary N) is 1. The lowest BCUT2D eigenvalue weighted by atomic mass is 10.0. The molecular formula is C14H15F2N4O5PS. The van der Waals surface area contributed by atoms with Crippen LogP contribution in [0.4, 0.5) is 14.6 Å². The molecule has 5 N–H and O–H groups in total. The summed E-state index contributed by atoms with van der Waals surface area (Å²) in [6.07, 6.45) is 1.48. The minimum Gasteiger partial charge on any atom is -0.370 e. The van der Waals surface area contributed by atoms with Crippen LogP contribution < -0.4 is 10.5 Å². The highest BCUT2D eigenvalue weighted by Crippen LogP contribution is 2.60. The summed E-state index contributed by atoms with van der Waals surface area (Å²) in [5.41, 5.74) is -6.19. The second-order valence-electron chi connectivity index (χ2n) is 5.66. The second kappa shape index (κ2) is 7.46. The number of fused-ring (bicyclic) bond motifs is 1. The van der Waals surface area contributed by atoms with Gasteiger partial charge in [0.2, 0.25) is 10.0 Å². The monoisotopic (exact) mass is 420 g/mol. The van der Waals surface area contributed by atoms with Crippen molar-refractivity contribution >= 4 is 34.2 Å². The van der Waals surface area contributed by atoms with Gasteiger partial charge in [-0.3, -0.25) is 4.57 Å². The van der Waals surface area contributed by atoms with Crippen LogP contribution >= 0.6 is 7.60 Å². The van der Waals surface area contributed by atoms with Crippen LogP contribution in [0.1, 0.15) is 17.5 Å². The Hall–Kier alpha value is -2.16. The molecule has 2 aromatic rings. The van der Waals surface area contributed by atoms with Crippen molar-refractivity contribution in [2.75, 3.05) is 17.6 Å². The van der Waals surface area contributed by atoms with E-state index in [0.717, 1.165) is 12.1 Å². The molecule has 27 heavy (non-hydrogen) atoms. The van der Waals surface area contributed by atoms with Gasteiger partial charge in [-0.1, -0.05) is 0 Å². The van der Waals surface area contributed by atoms with Gasteiger partial charge in [-0.25, -0.2) is 18.5 Å². The van der Waals surface area contributed by atoms with E-state index >= 15 is 0 Å². The van der Waals surface area contributed by atoms with Gasteiger partial charge >= 0.3 is 13.3 Å². The predicted molar refractivity (Wildman–Crippen MR) is 93.5 cm³/mol. The van der Waals surface area contributed by atoms with Crippen molar-refractivity contribution in [3.8, 4) is 6.07 Å². The van der Waals surface area contributed by atoms with E-state index in [1.165, 1.54) is 18.3 Å². The average Bonchev–Trinajstić information content (AvgIpc) is 2.55. The molecule has 146 valence electrons. The minimum absolute atomic E-state index is 0.168. The molecule has 2 rings (SSSR count). The molecule has 0 unspecified atom stereocenters. The fourth-order valence-corrected chi connectivity index (χ4v) is 3.32. The number of aromatic nitrogens is 1. The molecule has 9 nitrogen and oxygen atoms in total. The quantitative estimate of drug-likeness (QED) is 0.385. The van der Waals surface area contributed by atoms with Gasteiger partial charge in [-0.15, -0.1) is 0 Å². The third-order valence-electron chi connectivity index (χ3n) is 3.58. The summed E-state index contributed by atoms with van der Waals surface area (Å²) in [5, 5.41) is 17.2. The molecule has 1 heterocycles. The summed E-state index contributed by atoms with van der Waals surface area (Å²) in [6, 6.07) is 4.73. The number of alkyl halides is 2. The zero-order chi connectivity index (χ0) is 20.5. The SMILES string of the molecule is N#Cc1cc2cnc(NCCCS(N)(=O)=O)cc2cc1C(F)(F)P(=O)(O)O. The number of rotatable bonds is 7. The molecule has 13 heteroatoms. The number of hydrogen-bond acceptors (Lipinski definition) is 6. The first kappa shape index (κ1) is 21.1. The van der Waals surface area contributed by atoms with Crippen molar-refractivity contribution in [2.45, 2.75) is 12.1 Å². The number of anilines is 1. The smallest absolute Gasteiger partial charge is 0.370 e. The van der Waals surface area contributed by atoms with E-state index in [0.29, 0.717) is 5.39 Å². The van der Waals surface area contributed by atoms with E-state index in [9.17, 15) is 21.8 Å². The number of sulfonamides is 1. The lowest BCUT2D eigenvalue weighted by Gasteiger charge is -2.19. The molecule has 0 aliphatic rings. The van der Waals surface area contributed by atoms with E-state index < -0.39 is 34.4 Å². The zero-order valence-electron chi connectivity index (χ0n) is 13.6. The predicted octanol–water partition coefficient (Wildman–Crippen LogP) is 1.42. The Morgan fingerprint density at radius 3 is 2.52 bits per heavy atom. The maximum absolute atomic E-state index is 14.1. The summed E-state index contributed by atoms with van der Waals surface area (Å²) in [7, 11) is -9.45. The Morgan fingerprint density at radius 1 is 1.30 bits per heavy atom. The van der Waals surface area contributed by atoms with Crippen LogP contribution in [-0.2, 0) is 20.3 Å². The van der Waals surface area contributed by atoms with Crippen molar-refractivity contribution in [1.29, 1.82) is 5.26 Å². The number of nitrogens with one attached hydrogen (secondary N) is 1. The van der Waals surface area contributed by atoms with Gasteiger partial charge in [0, 0.05) is 18.1 Å². The van der Waals surface area contributed by atoms with Crippen molar-refractivity contribution in [3.63, 3.8) is 0 Å². The Bertz CT molecular complexity index is 1070. The van der Waals surface area contributed by atoms with Crippen LogP contribution in [0.15, 0.2) is 24.4 Å². The third kappa shape index (κ3) is 4.97. The first-order valence-corrected chi connectivity index (χ1v) is 10.7. The van der Waals surface area contributed by atoms with Gasteiger partial charge in [0.1, 0.15) is 5.82 Å². The zero-order valence-corrected chi connectivity index (χ0v) is 15.3. The summed E-state index contributed by atoms with van der Waals surface area (Å²) >= 11 is 0. The summed E-state index contributed by atoms with van der Waals surface area (Å²) in [5.74, 6) is -0.0234. The van der Waals surface area contributed by atoms with Gasteiger partial charge < -0.3 is 15.1 Å². The summed E-state index contributed by atoms with van der Waals surface area (Å²) < 4.78 is 61.0. The molecule has 0 aliphatic carbocycles. The minimum atomic E-state index is -5.84. The molecule has 0 aliphatic heterocycles. The highest BCUT2D eigenvalue weighted by molar-refractivity contribution is 7.89. The lowest BCUT2D eigenvalue weighted by molar-refractivity contribution is 0.0563. The number of hydrogen-bond donors (Lipinski definition) is 4. The molecule has 0 saturated heterocycles. The summed E-state index contributed by atoms with van der Waals surface area (Å²) in [6.45, 7) is 0.191. The van der Waals surface area contributed by atoms with Crippen molar-refractivity contribution in [2.24, 2.45) is 5.14 Å². The third-order valence-corrected chi connectivity index (χ3v) is 5.41. The Balaban J connectivity index is 2.38. The van der Waals surface area contributed by atoms with Crippen LogP contribution in [0, 0.1) is 11.3 Å². The molecule has 0 fully saturated rings. The number of primary sulfonamides is 1. The fraction of sp³-hybridized carbons (Fsp3) is 0.286. The molecular weight excluding hydrogens is 405 g/mol. The molecule has 0 amide bonds. The molecule has 0 radical (unpaired) electrons. The molecule has 0 saturated carbocycles. The van der Waals surface area contributed by atoms with E-state index in [-0.39, 0.29) is 29.9 Å². The Morgan fingerprint density at radius 2 is 1.96 bits per heavy atom. The first-order valence-electron chi connectivity index (χ1n) is 7.37. The number of benzene rings is 1. The standard InChI is InChI=1S/C14H15F2N4O5PS/c15-14(16,26(21,22)23)12-5-9-6-13(19-2-1-3-27(18,24)25)20-8-11(9)4-10(12)7-17/h4-6,8H,1-3H2,(H,19,20)(H2,18,24,25)(H2,21,22,23). The number of nitrogens with zero attached hydrogens (tertiary/aromatic N) is 2. The highest BCUT2D eigenvalue weighted by Gasteiger charge is 2.51. The van der Waals surface area contributed by atoms with Gasteiger partial charge in [-0.2, -0.15) is 14.0 Å². The van der Waals surface area contributed by atoms with Crippen molar-refractivity contribution in [1.82, 2.24) is 4.98 Å². The number of halogens is 2. The van der Waals surface area contributed by atoms with E-state index in [4.69, 9.17) is 20.2 Å². The largest absolute Gasteiger partial charge is 0.399 e. The van der Waals surface area contributed by atoms with Crippen LogP contribution in [0.2, 0.25) is 0 Å². The van der Waals surface area contributed by atoms with Crippen LogP contribution in [-0.4, -0.2) is 35.5 Å². The van der Waals surface area contributed by atoms with Crippen LogP contribution in [0.25, 0.3) is 10.8 Å². The van der Waals surface area contributed by atoms with E-state index in [1.807, 2.05) is 0 Å². The topological polar surface area (TPSA) is 166 Å². The molecule has 0 bridgehead atoms. The molecule has 1 aromatic carbocycles. The van der Waals surface area contributed by atoms with Crippen LogP contribution in [0.5, 0.6) is 0 Å². The maximum atomic E-state index is 14.1. The van der Waals surface area contributed by atoms with E-state index in [2.05, 4.69) is 10.3 Å². The molecule has 1 aromatic heterocycles. The fourth-order valence-electron chi connectivity index (χ4n) is 2.28. The van der Waals surface area contributed by atoms with Crippen molar-refractivity contribution < 1.29 is 31.6 Å². The first-order chi connectivity index (χ1) is 12.3. The maximum Gasteiger partial charge on any atom is 0.399 e. The normalized spacial score (nSPS) is 12.7. The van der Waals surface area contributed by atoms with Gasteiger partial charge in [-0.05, 0) is 30.0 Å². The molecule has 0 atom stereocenters. The number of nitriles is 1. The van der Waals surface area contributed by atoms with Gasteiger partial charge in [0.05, 0.1) is 22.9 Å². The lowest BCUT2D eigenvalue weighted by Crippen LogP contribution is -2.18. The Labute approximate surface area is 153 Å². The molecule has 0 spiro atoms. The van der Waals surface area contributed by atoms with Gasteiger partial charge in [0.25, 0.3) is 0 Å².